The van der Waals surface area contributed by atoms with Gasteiger partial charge in [0.05, 0.1) is 6.54 Å². The summed E-state index contributed by atoms with van der Waals surface area (Å²) in [4.78, 5) is 35.3. The van der Waals surface area contributed by atoms with Crippen molar-refractivity contribution in [2.75, 3.05) is 6.54 Å². The molecule has 1 fully saturated rings. The number of rotatable bonds is 6. The molecule has 3 N–H and O–H groups in total. The van der Waals surface area contributed by atoms with Crippen LogP contribution in [0.2, 0.25) is 0 Å². The quantitative estimate of drug-likeness (QED) is 0.690. The zero-order valence-corrected chi connectivity index (χ0v) is 13.8. The first-order valence-corrected chi connectivity index (χ1v) is 8.54. The second-order valence-electron chi connectivity index (χ2n) is 6.13. The molecular formula is C18H25N3O3. The SMILES string of the molecule is O=C(CCc1ccccc1)NNC(=O)CNC(=O)C1CCCCC1. The second-order valence-corrected chi connectivity index (χ2v) is 6.13. The van der Waals surface area contributed by atoms with Gasteiger partial charge in [0.15, 0.2) is 0 Å². The lowest BCUT2D eigenvalue weighted by Gasteiger charge is -2.20. The van der Waals surface area contributed by atoms with Gasteiger partial charge < -0.3 is 5.32 Å². The van der Waals surface area contributed by atoms with Crippen molar-refractivity contribution >= 4 is 17.7 Å². The fourth-order valence-electron chi connectivity index (χ4n) is 2.83. The molecule has 6 heteroatoms. The van der Waals surface area contributed by atoms with Crippen molar-refractivity contribution in [2.45, 2.75) is 44.9 Å². The van der Waals surface area contributed by atoms with E-state index in [1.54, 1.807) is 0 Å². The molecule has 2 rings (SSSR count). The number of nitrogens with one attached hydrogen (secondary N) is 3. The summed E-state index contributed by atoms with van der Waals surface area (Å²) in [7, 11) is 0. The predicted molar refractivity (Wildman–Crippen MR) is 90.6 cm³/mol. The summed E-state index contributed by atoms with van der Waals surface area (Å²) in [5, 5.41) is 2.63. The Morgan fingerprint density at radius 3 is 2.29 bits per heavy atom. The van der Waals surface area contributed by atoms with Crippen molar-refractivity contribution in [1.29, 1.82) is 0 Å². The zero-order valence-electron chi connectivity index (χ0n) is 13.8. The number of hydrazine groups is 1. The number of hydrogen-bond acceptors (Lipinski definition) is 3. The smallest absolute Gasteiger partial charge is 0.257 e. The van der Waals surface area contributed by atoms with E-state index in [2.05, 4.69) is 16.2 Å². The highest BCUT2D eigenvalue weighted by Gasteiger charge is 2.21. The van der Waals surface area contributed by atoms with Crippen LogP contribution in [-0.4, -0.2) is 24.3 Å². The minimum Gasteiger partial charge on any atom is -0.347 e. The van der Waals surface area contributed by atoms with Crippen LogP contribution in [0.15, 0.2) is 30.3 Å². The molecule has 0 aromatic heterocycles. The normalized spacial score (nSPS) is 14.7. The highest BCUT2D eigenvalue weighted by Crippen LogP contribution is 2.23. The van der Waals surface area contributed by atoms with Crippen molar-refractivity contribution in [1.82, 2.24) is 16.2 Å². The average molecular weight is 331 g/mol. The van der Waals surface area contributed by atoms with Crippen molar-refractivity contribution in [3.8, 4) is 0 Å². The van der Waals surface area contributed by atoms with Crippen molar-refractivity contribution < 1.29 is 14.4 Å². The van der Waals surface area contributed by atoms with Gasteiger partial charge in [0.1, 0.15) is 0 Å². The van der Waals surface area contributed by atoms with E-state index in [4.69, 9.17) is 0 Å². The van der Waals surface area contributed by atoms with Crippen LogP contribution < -0.4 is 16.2 Å². The van der Waals surface area contributed by atoms with Gasteiger partial charge in [0, 0.05) is 12.3 Å². The molecule has 1 aromatic carbocycles. The van der Waals surface area contributed by atoms with E-state index in [-0.39, 0.29) is 24.3 Å². The topological polar surface area (TPSA) is 87.3 Å². The maximum absolute atomic E-state index is 11.9. The molecule has 0 aliphatic heterocycles. The lowest BCUT2D eigenvalue weighted by atomic mass is 9.89. The van der Waals surface area contributed by atoms with Gasteiger partial charge in [-0.1, -0.05) is 49.6 Å². The summed E-state index contributed by atoms with van der Waals surface area (Å²) >= 11 is 0. The first kappa shape index (κ1) is 18.0. The van der Waals surface area contributed by atoms with Gasteiger partial charge in [-0.2, -0.15) is 0 Å². The number of carbonyl (C=O) groups excluding carboxylic acids is 3. The largest absolute Gasteiger partial charge is 0.347 e. The molecule has 0 heterocycles. The number of aryl methyl sites for hydroxylation is 1. The second kappa shape index (κ2) is 9.70. The third-order valence-corrected chi connectivity index (χ3v) is 4.22. The van der Waals surface area contributed by atoms with E-state index in [0.717, 1.165) is 31.2 Å². The molecule has 1 aliphatic rings. The maximum atomic E-state index is 11.9. The molecule has 0 saturated heterocycles. The molecule has 1 saturated carbocycles. The van der Waals surface area contributed by atoms with E-state index in [9.17, 15) is 14.4 Å². The minimum atomic E-state index is -0.424. The van der Waals surface area contributed by atoms with Gasteiger partial charge in [0.25, 0.3) is 5.91 Å². The third-order valence-electron chi connectivity index (χ3n) is 4.22. The maximum Gasteiger partial charge on any atom is 0.257 e. The molecule has 130 valence electrons. The summed E-state index contributed by atoms with van der Waals surface area (Å²) in [6.07, 6.45) is 6.01. The first-order chi connectivity index (χ1) is 11.6. The van der Waals surface area contributed by atoms with Gasteiger partial charge in [-0.05, 0) is 24.8 Å². The Kier molecular flexibility index (Phi) is 7.26. The number of carbonyl (C=O) groups is 3. The molecule has 3 amide bonds. The van der Waals surface area contributed by atoms with Gasteiger partial charge in [-0.25, -0.2) is 0 Å². The summed E-state index contributed by atoms with van der Waals surface area (Å²) < 4.78 is 0. The summed E-state index contributed by atoms with van der Waals surface area (Å²) in [6, 6.07) is 9.67. The molecular weight excluding hydrogens is 306 g/mol. The zero-order chi connectivity index (χ0) is 17.2. The highest BCUT2D eigenvalue weighted by molar-refractivity contribution is 5.87. The Hall–Kier alpha value is -2.37. The number of benzene rings is 1. The fourth-order valence-corrected chi connectivity index (χ4v) is 2.83. The molecule has 0 bridgehead atoms. The lowest BCUT2D eigenvalue weighted by molar-refractivity contribution is -0.131. The molecule has 0 spiro atoms. The van der Waals surface area contributed by atoms with E-state index in [1.165, 1.54) is 6.42 Å². The van der Waals surface area contributed by atoms with Gasteiger partial charge in [0.2, 0.25) is 11.8 Å². The van der Waals surface area contributed by atoms with E-state index in [0.29, 0.717) is 12.8 Å². The van der Waals surface area contributed by atoms with Crippen LogP contribution in [-0.2, 0) is 20.8 Å². The van der Waals surface area contributed by atoms with Gasteiger partial charge >= 0.3 is 0 Å². The predicted octanol–water partition coefficient (Wildman–Crippen LogP) is 1.46. The summed E-state index contributed by atoms with van der Waals surface area (Å²) in [5.41, 5.74) is 5.76. The van der Waals surface area contributed by atoms with Gasteiger partial charge in [-0.15, -0.1) is 0 Å². The number of hydrogen-bond donors (Lipinski definition) is 3. The molecule has 24 heavy (non-hydrogen) atoms. The Morgan fingerprint density at radius 2 is 1.58 bits per heavy atom. The fraction of sp³-hybridized carbons (Fsp3) is 0.500. The van der Waals surface area contributed by atoms with Crippen LogP contribution in [0.5, 0.6) is 0 Å². The van der Waals surface area contributed by atoms with Crippen molar-refractivity contribution in [2.24, 2.45) is 5.92 Å². The van der Waals surface area contributed by atoms with Crippen LogP contribution in [0.3, 0.4) is 0 Å². The third kappa shape index (κ3) is 6.40. The lowest BCUT2D eigenvalue weighted by Crippen LogP contribution is -2.47. The highest BCUT2D eigenvalue weighted by atomic mass is 16.2. The first-order valence-electron chi connectivity index (χ1n) is 8.54. The van der Waals surface area contributed by atoms with Crippen LogP contribution in [0.4, 0.5) is 0 Å². The average Bonchev–Trinajstić information content (AvgIpc) is 2.64. The van der Waals surface area contributed by atoms with Crippen LogP contribution in [0.1, 0.15) is 44.1 Å². The van der Waals surface area contributed by atoms with Crippen LogP contribution in [0, 0.1) is 5.92 Å². The molecule has 1 aromatic rings. The number of amides is 3. The Bertz CT molecular complexity index is 554. The van der Waals surface area contributed by atoms with E-state index >= 15 is 0 Å². The monoisotopic (exact) mass is 331 g/mol. The molecule has 0 atom stereocenters. The summed E-state index contributed by atoms with van der Waals surface area (Å²) in [6.45, 7) is -0.117. The van der Waals surface area contributed by atoms with Crippen LogP contribution >= 0.6 is 0 Å². The van der Waals surface area contributed by atoms with Crippen molar-refractivity contribution in [3.05, 3.63) is 35.9 Å². The Labute approximate surface area is 142 Å². The van der Waals surface area contributed by atoms with Crippen molar-refractivity contribution in [3.63, 3.8) is 0 Å². The summed E-state index contributed by atoms with van der Waals surface area (Å²) in [5.74, 6) is -0.731. The molecule has 0 radical (unpaired) electrons. The Morgan fingerprint density at radius 1 is 0.917 bits per heavy atom. The minimum absolute atomic E-state index is 0.0204. The Balaban J connectivity index is 1.58. The molecule has 1 aliphatic carbocycles. The standard InChI is InChI=1S/C18H25N3O3/c22-16(12-11-14-7-3-1-4-8-14)20-21-17(23)13-19-18(24)15-9-5-2-6-10-15/h1,3-4,7-8,15H,2,5-6,9-13H2,(H,19,24)(H,20,22)(H,21,23). The van der Waals surface area contributed by atoms with E-state index < -0.39 is 5.91 Å². The van der Waals surface area contributed by atoms with E-state index in [1.807, 2.05) is 30.3 Å². The molecule has 6 nitrogen and oxygen atoms in total. The van der Waals surface area contributed by atoms with Crippen LogP contribution in [0.25, 0.3) is 0 Å². The molecule has 0 unspecified atom stereocenters. The van der Waals surface area contributed by atoms with Gasteiger partial charge in [-0.3, -0.25) is 25.2 Å².